The Bertz CT molecular complexity index is 416. The molecule has 0 bridgehead atoms. The molecule has 1 aliphatic heterocycles. The fourth-order valence-corrected chi connectivity index (χ4v) is 2.39. The van der Waals surface area contributed by atoms with E-state index in [9.17, 15) is 4.79 Å². The first kappa shape index (κ1) is 15.1. The van der Waals surface area contributed by atoms with Crippen molar-refractivity contribution < 1.29 is 9.53 Å². The summed E-state index contributed by atoms with van der Waals surface area (Å²) in [4.78, 5) is 14.0. The number of carbonyl (C=O) groups excluding carboxylic acids is 1. The number of ether oxygens (including phenoxy) is 1. The Labute approximate surface area is 125 Å². The summed E-state index contributed by atoms with van der Waals surface area (Å²) in [6.07, 6.45) is 3.61. The molecule has 0 saturated carbocycles. The molecule has 1 heterocycles. The average Bonchev–Trinajstić information content (AvgIpc) is 2.96. The Kier molecular flexibility index (Phi) is 6.15. The minimum absolute atomic E-state index is 0.0470. The zero-order chi connectivity index (χ0) is 14.2. The third kappa shape index (κ3) is 5.39. The summed E-state index contributed by atoms with van der Waals surface area (Å²) in [5.41, 5.74) is 0. The van der Waals surface area contributed by atoms with Gasteiger partial charge in [-0.15, -0.1) is 0 Å². The molecule has 0 aliphatic carbocycles. The van der Waals surface area contributed by atoms with Crippen LogP contribution in [0.4, 0.5) is 0 Å². The molecular weight excluding hydrogens is 276 g/mol. The van der Waals surface area contributed by atoms with Gasteiger partial charge in [-0.3, -0.25) is 4.79 Å². The molecule has 1 N–H and O–H groups in total. The first-order valence-corrected chi connectivity index (χ1v) is 7.49. The molecule has 0 atom stereocenters. The van der Waals surface area contributed by atoms with Gasteiger partial charge in [0.25, 0.3) is 5.91 Å². The van der Waals surface area contributed by atoms with Crippen LogP contribution in [0.15, 0.2) is 24.3 Å². The minimum atomic E-state index is -0.0821. The van der Waals surface area contributed by atoms with E-state index in [0.717, 1.165) is 13.0 Å². The van der Waals surface area contributed by atoms with Gasteiger partial charge in [-0.1, -0.05) is 11.6 Å². The van der Waals surface area contributed by atoms with Crippen molar-refractivity contribution in [3.05, 3.63) is 29.3 Å². The lowest BCUT2D eigenvalue weighted by Crippen LogP contribution is -2.31. The first-order chi connectivity index (χ1) is 9.74. The Morgan fingerprint density at radius 1 is 1.25 bits per heavy atom. The van der Waals surface area contributed by atoms with Crippen LogP contribution in [-0.4, -0.2) is 43.6 Å². The van der Waals surface area contributed by atoms with Gasteiger partial charge in [0.05, 0.1) is 0 Å². The van der Waals surface area contributed by atoms with Crippen molar-refractivity contribution in [2.24, 2.45) is 0 Å². The maximum absolute atomic E-state index is 11.6. The van der Waals surface area contributed by atoms with Crippen molar-refractivity contribution >= 4 is 17.5 Å². The van der Waals surface area contributed by atoms with Crippen molar-refractivity contribution in [1.82, 2.24) is 10.2 Å². The number of halogens is 1. The summed E-state index contributed by atoms with van der Waals surface area (Å²) in [6.45, 7) is 4.23. The molecule has 1 saturated heterocycles. The molecule has 1 aromatic carbocycles. The smallest absolute Gasteiger partial charge is 0.257 e. The molecule has 1 amide bonds. The van der Waals surface area contributed by atoms with Crippen LogP contribution in [0.5, 0.6) is 5.75 Å². The molecule has 1 aromatic rings. The molecule has 110 valence electrons. The number of carbonyl (C=O) groups is 1. The van der Waals surface area contributed by atoms with E-state index < -0.39 is 0 Å². The Morgan fingerprint density at radius 2 is 1.95 bits per heavy atom. The Morgan fingerprint density at radius 3 is 2.65 bits per heavy atom. The number of amides is 1. The van der Waals surface area contributed by atoms with Gasteiger partial charge in [-0.05, 0) is 63.2 Å². The zero-order valence-electron chi connectivity index (χ0n) is 11.6. The largest absolute Gasteiger partial charge is 0.484 e. The molecule has 5 heteroatoms. The number of rotatable bonds is 7. The monoisotopic (exact) mass is 296 g/mol. The lowest BCUT2D eigenvalue weighted by molar-refractivity contribution is -0.123. The lowest BCUT2D eigenvalue weighted by atomic mass is 10.3. The van der Waals surface area contributed by atoms with Crippen molar-refractivity contribution in [2.45, 2.75) is 19.3 Å². The van der Waals surface area contributed by atoms with Crippen molar-refractivity contribution in [3.8, 4) is 5.75 Å². The van der Waals surface area contributed by atoms with E-state index in [1.54, 1.807) is 24.3 Å². The maximum Gasteiger partial charge on any atom is 0.257 e. The number of hydrogen-bond acceptors (Lipinski definition) is 3. The standard InChI is InChI=1S/C15H21ClN2O2/c16-13-4-6-14(7-5-13)20-12-15(19)17-8-3-11-18-9-1-2-10-18/h4-7H,1-3,8-12H2,(H,17,19). The molecule has 4 nitrogen and oxygen atoms in total. The molecule has 20 heavy (non-hydrogen) atoms. The van der Waals surface area contributed by atoms with Crippen LogP contribution in [0.25, 0.3) is 0 Å². The van der Waals surface area contributed by atoms with E-state index in [0.29, 0.717) is 17.3 Å². The number of benzene rings is 1. The lowest BCUT2D eigenvalue weighted by Gasteiger charge is -2.14. The predicted molar refractivity (Wildman–Crippen MR) is 80.2 cm³/mol. The van der Waals surface area contributed by atoms with Gasteiger partial charge in [0, 0.05) is 11.6 Å². The number of hydrogen-bond donors (Lipinski definition) is 1. The maximum atomic E-state index is 11.6. The number of likely N-dealkylation sites (tertiary alicyclic amines) is 1. The van der Waals surface area contributed by atoms with Crippen LogP contribution in [0.1, 0.15) is 19.3 Å². The summed E-state index contributed by atoms with van der Waals surface area (Å²) in [7, 11) is 0. The fraction of sp³-hybridized carbons (Fsp3) is 0.533. The highest BCUT2D eigenvalue weighted by atomic mass is 35.5. The average molecular weight is 297 g/mol. The van der Waals surface area contributed by atoms with Crippen LogP contribution < -0.4 is 10.1 Å². The van der Waals surface area contributed by atoms with E-state index in [2.05, 4.69) is 10.2 Å². The number of nitrogens with one attached hydrogen (secondary N) is 1. The molecule has 0 unspecified atom stereocenters. The van der Waals surface area contributed by atoms with Crippen LogP contribution in [0, 0.1) is 0 Å². The highest BCUT2D eigenvalue weighted by Gasteiger charge is 2.10. The van der Waals surface area contributed by atoms with Crippen LogP contribution in [0.3, 0.4) is 0 Å². The molecule has 0 radical (unpaired) electrons. The zero-order valence-corrected chi connectivity index (χ0v) is 12.4. The topological polar surface area (TPSA) is 41.6 Å². The number of nitrogens with zero attached hydrogens (tertiary/aromatic N) is 1. The highest BCUT2D eigenvalue weighted by Crippen LogP contribution is 2.15. The van der Waals surface area contributed by atoms with Crippen LogP contribution in [-0.2, 0) is 4.79 Å². The molecule has 1 fully saturated rings. The van der Waals surface area contributed by atoms with E-state index in [1.165, 1.54) is 25.9 Å². The summed E-state index contributed by atoms with van der Waals surface area (Å²) in [5, 5.41) is 3.53. The molecule has 0 spiro atoms. The fourth-order valence-electron chi connectivity index (χ4n) is 2.27. The van der Waals surface area contributed by atoms with E-state index >= 15 is 0 Å². The summed E-state index contributed by atoms with van der Waals surface area (Å²) >= 11 is 5.77. The highest BCUT2D eigenvalue weighted by molar-refractivity contribution is 6.30. The predicted octanol–water partition coefficient (Wildman–Crippen LogP) is 2.32. The molecular formula is C15H21ClN2O2. The Balaban J connectivity index is 1.54. The van der Waals surface area contributed by atoms with Crippen molar-refractivity contribution in [1.29, 1.82) is 0 Å². The van der Waals surface area contributed by atoms with Gasteiger partial charge in [-0.2, -0.15) is 0 Å². The van der Waals surface area contributed by atoms with Gasteiger partial charge in [0.1, 0.15) is 5.75 Å². The first-order valence-electron chi connectivity index (χ1n) is 7.11. The molecule has 1 aliphatic rings. The second-order valence-corrected chi connectivity index (χ2v) is 5.43. The van der Waals surface area contributed by atoms with E-state index in [-0.39, 0.29) is 12.5 Å². The second-order valence-electron chi connectivity index (χ2n) is 4.99. The normalized spacial score (nSPS) is 15.2. The van der Waals surface area contributed by atoms with Crippen LogP contribution >= 0.6 is 11.6 Å². The van der Waals surface area contributed by atoms with E-state index in [1.807, 2.05) is 0 Å². The van der Waals surface area contributed by atoms with Gasteiger partial charge < -0.3 is 15.0 Å². The van der Waals surface area contributed by atoms with E-state index in [4.69, 9.17) is 16.3 Å². The SMILES string of the molecule is O=C(COc1ccc(Cl)cc1)NCCCN1CCCC1. The van der Waals surface area contributed by atoms with Crippen LogP contribution in [0.2, 0.25) is 5.02 Å². The molecule has 0 aromatic heterocycles. The van der Waals surface area contributed by atoms with Gasteiger partial charge in [0.2, 0.25) is 0 Å². The third-order valence-electron chi connectivity index (χ3n) is 3.36. The third-order valence-corrected chi connectivity index (χ3v) is 3.61. The second kappa shape index (κ2) is 8.12. The minimum Gasteiger partial charge on any atom is -0.484 e. The van der Waals surface area contributed by atoms with Gasteiger partial charge in [0.15, 0.2) is 6.61 Å². The van der Waals surface area contributed by atoms with Gasteiger partial charge in [-0.25, -0.2) is 0 Å². The summed E-state index contributed by atoms with van der Waals surface area (Å²) in [6, 6.07) is 6.99. The summed E-state index contributed by atoms with van der Waals surface area (Å²) in [5.74, 6) is 0.572. The van der Waals surface area contributed by atoms with Crippen molar-refractivity contribution in [2.75, 3.05) is 32.8 Å². The quantitative estimate of drug-likeness (QED) is 0.785. The molecule has 2 rings (SSSR count). The van der Waals surface area contributed by atoms with Gasteiger partial charge >= 0.3 is 0 Å². The van der Waals surface area contributed by atoms with Crippen molar-refractivity contribution in [3.63, 3.8) is 0 Å². The summed E-state index contributed by atoms with van der Waals surface area (Å²) < 4.78 is 5.37. The Hall–Kier alpha value is -1.26.